The molecule has 0 fully saturated rings. The maximum absolute atomic E-state index is 12.4. The first kappa shape index (κ1) is 51.9. The second-order valence-electron chi connectivity index (χ2n) is 13.5. The van der Waals surface area contributed by atoms with Gasteiger partial charge in [-0.2, -0.15) is 0 Å². The first-order chi connectivity index (χ1) is 26.7. The molecule has 0 aromatic rings. The molecule has 0 aliphatic heterocycles. The summed E-state index contributed by atoms with van der Waals surface area (Å²) in [6.45, 7) is 3.41. The third-order valence-electron chi connectivity index (χ3n) is 8.19. The van der Waals surface area contributed by atoms with Crippen molar-refractivity contribution in [2.24, 2.45) is 0 Å². The topological polar surface area (TPSA) is 140 Å². The average molecular weight is 789 g/mol. The fourth-order valence-electron chi connectivity index (χ4n) is 5.07. The highest BCUT2D eigenvalue weighted by Crippen LogP contribution is 2.36. The van der Waals surface area contributed by atoms with E-state index < -0.39 is 45.2 Å². The maximum Gasteiger partial charge on any atom is 0.469 e. The summed E-state index contributed by atoms with van der Waals surface area (Å²) in [5.74, 6) is -1.19. The van der Waals surface area contributed by atoms with Crippen LogP contribution in [0.25, 0.3) is 0 Å². The second kappa shape index (κ2) is 39.2. The molecule has 9 nitrogen and oxygen atoms in total. The van der Waals surface area contributed by atoms with Gasteiger partial charge >= 0.3 is 19.8 Å². The minimum absolute atomic E-state index is 0.0222. The lowest BCUT2D eigenvalue weighted by molar-refractivity contribution is -0.161. The molecule has 0 aliphatic rings. The van der Waals surface area contributed by atoms with E-state index in [2.05, 4.69) is 79.1 Å². The first-order valence-corrected chi connectivity index (χ1v) is 22.2. The van der Waals surface area contributed by atoms with Crippen LogP contribution in [0.15, 0.2) is 97.2 Å². The fraction of sp³-hybridized carbons (Fsp3) is 0.600. The summed E-state index contributed by atoms with van der Waals surface area (Å²) < 4.78 is 26.2. The van der Waals surface area contributed by atoms with Gasteiger partial charge in [0.05, 0.1) is 12.7 Å². The van der Waals surface area contributed by atoms with Gasteiger partial charge in [-0.3, -0.25) is 14.1 Å². The van der Waals surface area contributed by atoms with Crippen LogP contribution in [-0.2, 0) is 28.2 Å². The molecule has 0 aromatic carbocycles. The van der Waals surface area contributed by atoms with Crippen LogP contribution in [0.5, 0.6) is 0 Å². The summed E-state index contributed by atoms with van der Waals surface area (Å²) in [4.78, 5) is 42.8. The number of unbranched alkanes of at least 4 members (excludes halogenated alkanes) is 9. The third-order valence-corrected chi connectivity index (χ3v) is 8.68. The fourth-order valence-corrected chi connectivity index (χ4v) is 5.43. The van der Waals surface area contributed by atoms with Gasteiger partial charge in [0.15, 0.2) is 6.10 Å². The Hall–Kier alpha value is -3.07. The zero-order valence-electron chi connectivity index (χ0n) is 33.9. The summed E-state index contributed by atoms with van der Waals surface area (Å²) in [6, 6.07) is 0. The monoisotopic (exact) mass is 788 g/mol. The zero-order chi connectivity index (χ0) is 40.5. The van der Waals surface area contributed by atoms with Crippen LogP contribution in [0.1, 0.15) is 149 Å². The van der Waals surface area contributed by atoms with E-state index in [4.69, 9.17) is 19.3 Å². The average Bonchev–Trinajstić information content (AvgIpc) is 3.15. The van der Waals surface area contributed by atoms with Crippen LogP contribution in [0, 0.1) is 0 Å². The predicted molar refractivity (Wildman–Crippen MR) is 226 cm³/mol. The van der Waals surface area contributed by atoms with E-state index in [1.165, 1.54) is 64.2 Å². The van der Waals surface area contributed by atoms with E-state index >= 15 is 0 Å². The van der Waals surface area contributed by atoms with Gasteiger partial charge < -0.3 is 24.4 Å². The molecule has 312 valence electrons. The van der Waals surface area contributed by atoms with Crippen LogP contribution in [0.3, 0.4) is 0 Å². The summed E-state index contributed by atoms with van der Waals surface area (Å²) in [5, 5.41) is 10.2. The van der Waals surface area contributed by atoms with E-state index in [0.717, 1.165) is 38.5 Å². The minimum atomic E-state index is -4.82. The number of hydrogen-bond donors (Lipinski definition) is 3. The van der Waals surface area contributed by atoms with Crippen LogP contribution >= 0.6 is 7.82 Å². The van der Waals surface area contributed by atoms with Gasteiger partial charge in [-0.1, -0.05) is 156 Å². The zero-order valence-corrected chi connectivity index (χ0v) is 34.8. The van der Waals surface area contributed by atoms with Crippen molar-refractivity contribution in [2.75, 3.05) is 13.2 Å². The predicted octanol–water partition coefficient (Wildman–Crippen LogP) is 11.6. The molecule has 1 unspecified atom stereocenters. The molecule has 2 atom stereocenters. The summed E-state index contributed by atoms with van der Waals surface area (Å²) in [6.07, 6.45) is 50.3. The molecule has 0 saturated carbocycles. The van der Waals surface area contributed by atoms with Gasteiger partial charge in [0, 0.05) is 12.8 Å². The van der Waals surface area contributed by atoms with Crippen molar-refractivity contribution >= 4 is 19.8 Å². The molecule has 55 heavy (non-hydrogen) atoms. The van der Waals surface area contributed by atoms with E-state index in [9.17, 15) is 19.3 Å². The minimum Gasteiger partial charge on any atom is -0.462 e. The normalized spacial score (nSPS) is 14.1. The van der Waals surface area contributed by atoms with Crippen LogP contribution < -0.4 is 0 Å². The number of rotatable bonds is 36. The molecule has 0 spiro atoms. The van der Waals surface area contributed by atoms with Crippen molar-refractivity contribution in [3.8, 4) is 0 Å². The summed E-state index contributed by atoms with van der Waals surface area (Å²) in [5.41, 5.74) is 0. The molecular formula is C45H73O9P. The molecule has 0 heterocycles. The van der Waals surface area contributed by atoms with Crippen LogP contribution in [0.4, 0.5) is 0 Å². The van der Waals surface area contributed by atoms with E-state index in [1.807, 2.05) is 24.3 Å². The number of carbonyl (C=O) groups is 2. The Balaban J connectivity index is 4.26. The molecule has 0 saturated heterocycles. The molecule has 10 heteroatoms. The molecule has 0 radical (unpaired) electrons. The Morgan fingerprint density at radius 2 is 1.05 bits per heavy atom. The van der Waals surface area contributed by atoms with Crippen molar-refractivity contribution < 1.29 is 43.0 Å². The molecule has 3 N–H and O–H groups in total. The first-order valence-electron chi connectivity index (χ1n) is 20.6. The number of allylic oxidation sites excluding steroid dienone is 15. The van der Waals surface area contributed by atoms with Gasteiger partial charge in [-0.05, 0) is 77.0 Å². The van der Waals surface area contributed by atoms with Gasteiger partial charge in [-0.25, -0.2) is 4.57 Å². The standard InChI is InChI=1S/C45H73O9P/c1-3-5-7-9-11-13-15-17-18-19-20-21-22-24-26-28-30-32-34-38-45(48)54-43(41-53-55(49,50)51)40-52-44(47)39-35-37-42(46)36-33-31-29-27-25-23-16-14-12-10-8-6-4-2/h11,13,17-18,20-21,23-26,29-33,36,42-43,46H,3-10,12,14-16,19,22,27-28,34-35,37-41H2,1-2H3,(H2,49,50,51)/b13-11-,18-17-,21-20-,25-23+,26-24-,31-29+,32-30-,36-33+/t42?,43-/m1/s1. The van der Waals surface area contributed by atoms with Gasteiger partial charge in [0.25, 0.3) is 0 Å². The Morgan fingerprint density at radius 1 is 0.564 bits per heavy atom. The quantitative estimate of drug-likeness (QED) is 0.0186. The SMILES string of the molecule is CCCCC/C=C\C/C=C\C/C=C\C/C=C\C/C=C\CCC(=O)O[C@H](COC(=O)CCCC(O)/C=C/C=C/C/C=C/CCCCCCCC)COP(=O)(O)O. The maximum atomic E-state index is 12.4. The lowest BCUT2D eigenvalue weighted by atomic mass is 10.1. The van der Waals surface area contributed by atoms with Crippen LogP contribution in [0.2, 0.25) is 0 Å². The number of phosphoric ester groups is 1. The highest BCUT2D eigenvalue weighted by atomic mass is 31.2. The van der Waals surface area contributed by atoms with Crippen molar-refractivity contribution in [3.05, 3.63) is 97.2 Å². The van der Waals surface area contributed by atoms with E-state index in [1.54, 1.807) is 12.2 Å². The second-order valence-corrected chi connectivity index (χ2v) is 14.7. The summed E-state index contributed by atoms with van der Waals surface area (Å²) in [7, 11) is -4.82. The third kappa shape index (κ3) is 41.9. The molecule has 0 aromatic heterocycles. The van der Waals surface area contributed by atoms with E-state index in [0.29, 0.717) is 19.3 Å². The summed E-state index contributed by atoms with van der Waals surface area (Å²) >= 11 is 0. The lowest BCUT2D eigenvalue weighted by Gasteiger charge is -2.18. The van der Waals surface area contributed by atoms with Crippen molar-refractivity contribution in [3.63, 3.8) is 0 Å². The van der Waals surface area contributed by atoms with Gasteiger partial charge in [0.1, 0.15) is 6.61 Å². The highest BCUT2D eigenvalue weighted by molar-refractivity contribution is 7.46. The number of ether oxygens (including phenoxy) is 2. The molecular weight excluding hydrogens is 715 g/mol. The van der Waals surface area contributed by atoms with Gasteiger partial charge in [-0.15, -0.1) is 0 Å². The van der Waals surface area contributed by atoms with Crippen LogP contribution in [-0.4, -0.2) is 52.3 Å². The van der Waals surface area contributed by atoms with Crippen molar-refractivity contribution in [1.29, 1.82) is 0 Å². The highest BCUT2D eigenvalue weighted by Gasteiger charge is 2.22. The number of hydrogen-bond acceptors (Lipinski definition) is 7. The van der Waals surface area contributed by atoms with Gasteiger partial charge in [0.2, 0.25) is 0 Å². The van der Waals surface area contributed by atoms with Crippen molar-refractivity contribution in [1.82, 2.24) is 0 Å². The largest absolute Gasteiger partial charge is 0.469 e. The number of esters is 2. The Morgan fingerprint density at radius 3 is 1.64 bits per heavy atom. The Labute approximate surface area is 333 Å². The Bertz CT molecular complexity index is 1220. The lowest BCUT2D eigenvalue weighted by Crippen LogP contribution is -2.29. The number of phosphoric acid groups is 1. The molecule has 0 bridgehead atoms. The Kier molecular flexibility index (Phi) is 37.0. The molecule has 0 rings (SSSR count). The number of aliphatic hydroxyl groups excluding tert-OH is 1. The molecule has 0 aliphatic carbocycles. The smallest absolute Gasteiger partial charge is 0.462 e. The molecule has 0 amide bonds. The number of aliphatic hydroxyl groups is 1. The van der Waals surface area contributed by atoms with E-state index in [-0.39, 0.29) is 12.8 Å². The van der Waals surface area contributed by atoms with Crippen molar-refractivity contribution in [2.45, 2.75) is 161 Å². The number of carbonyl (C=O) groups excluding carboxylic acids is 2.